The minimum atomic E-state index is -1.53. The number of carbonyl (C=O) groups is 4. The van der Waals surface area contributed by atoms with Crippen LogP contribution in [0.15, 0.2) is 0 Å². The minimum Gasteiger partial charge on any atom is -0.481 e. The molecule has 0 aliphatic carbocycles. The Morgan fingerprint density at radius 2 is 1.80 bits per heavy atom. The third-order valence-electron chi connectivity index (χ3n) is 3.27. The molecule has 2 atom stereocenters. The van der Waals surface area contributed by atoms with Crippen LogP contribution in [0.2, 0.25) is 0 Å². The predicted molar refractivity (Wildman–Crippen MR) is 86.6 cm³/mol. The number of nitrogens with two attached hydrogens (primary N) is 2. The molecule has 12 nitrogen and oxygen atoms in total. The van der Waals surface area contributed by atoms with E-state index >= 15 is 0 Å². The Morgan fingerprint density at radius 3 is 2.28 bits per heavy atom. The first-order valence-corrected chi connectivity index (χ1v) is 7.37. The van der Waals surface area contributed by atoms with E-state index in [4.69, 9.17) is 27.1 Å². The quantitative estimate of drug-likeness (QED) is 0.114. The van der Waals surface area contributed by atoms with Gasteiger partial charge in [-0.2, -0.15) is 0 Å². The van der Waals surface area contributed by atoms with Crippen LogP contribution in [0, 0.1) is 5.41 Å². The molecule has 0 unspecified atom stereocenters. The molecule has 12 heteroatoms. The van der Waals surface area contributed by atoms with Gasteiger partial charge in [-0.3, -0.25) is 19.8 Å². The smallest absolute Gasteiger partial charge is 0.327 e. The highest BCUT2D eigenvalue weighted by Crippen LogP contribution is 2.03. The van der Waals surface area contributed by atoms with Gasteiger partial charge < -0.3 is 37.2 Å². The average molecular weight is 360 g/mol. The van der Waals surface area contributed by atoms with Crippen LogP contribution in [0.25, 0.3) is 0 Å². The van der Waals surface area contributed by atoms with Gasteiger partial charge in [-0.05, 0) is 12.8 Å². The van der Waals surface area contributed by atoms with E-state index < -0.39 is 48.8 Å². The first kappa shape index (κ1) is 22.1. The maximum Gasteiger partial charge on any atom is 0.327 e. The van der Waals surface area contributed by atoms with Crippen molar-refractivity contribution in [1.29, 1.82) is 5.41 Å². The molecule has 2 amide bonds. The lowest BCUT2D eigenvalue weighted by molar-refractivity contribution is -0.153. The first-order chi connectivity index (χ1) is 11.6. The number of carboxylic acids is 2. The molecule has 0 saturated heterocycles. The van der Waals surface area contributed by atoms with Crippen LogP contribution in [0.5, 0.6) is 0 Å². The van der Waals surface area contributed by atoms with E-state index in [0.717, 1.165) is 11.9 Å². The monoisotopic (exact) mass is 360 g/mol. The molecule has 0 aromatic rings. The summed E-state index contributed by atoms with van der Waals surface area (Å²) in [5.41, 5.74) is 10.7. The molecule has 142 valence electrons. The fourth-order valence-electron chi connectivity index (χ4n) is 1.82. The number of nitrogens with one attached hydrogen (secondary N) is 3. The van der Waals surface area contributed by atoms with Gasteiger partial charge in [0.05, 0.1) is 19.0 Å². The van der Waals surface area contributed by atoms with Crippen LogP contribution >= 0.6 is 0 Å². The molecule has 0 bridgehead atoms. The van der Waals surface area contributed by atoms with E-state index in [2.05, 4.69) is 10.6 Å². The summed E-state index contributed by atoms with van der Waals surface area (Å²) in [5, 5.41) is 29.4. The van der Waals surface area contributed by atoms with Crippen LogP contribution in [-0.2, 0) is 19.2 Å². The van der Waals surface area contributed by atoms with Gasteiger partial charge in [-0.1, -0.05) is 0 Å². The summed E-state index contributed by atoms with van der Waals surface area (Å²) in [6.45, 7) is -0.133. The van der Waals surface area contributed by atoms with Gasteiger partial charge >= 0.3 is 11.9 Å². The Morgan fingerprint density at radius 1 is 1.20 bits per heavy atom. The molecule has 0 aromatic carbocycles. The van der Waals surface area contributed by atoms with Gasteiger partial charge in [-0.15, -0.1) is 0 Å². The molecule has 0 heterocycles. The molecule has 0 aliphatic rings. The molecule has 0 radical (unpaired) electrons. The number of hydrogen-bond acceptors (Lipinski definition) is 6. The second-order valence-electron chi connectivity index (χ2n) is 5.26. The Balaban J connectivity index is 4.36. The van der Waals surface area contributed by atoms with E-state index in [1.165, 1.54) is 0 Å². The summed E-state index contributed by atoms with van der Waals surface area (Å²) < 4.78 is 0. The summed E-state index contributed by atoms with van der Waals surface area (Å²) >= 11 is 0. The molecule has 0 rings (SSSR count). The maximum atomic E-state index is 11.9. The van der Waals surface area contributed by atoms with Crippen molar-refractivity contribution in [2.75, 3.05) is 20.1 Å². The van der Waals surface area contributed by atoms with Gasteiger partial charge in [-0.25, -0.2) is 4.79 Å². The summed E-state index contributed by atoms with van der Waals surface area (Å²) in [7, 11) is 1.14. The van der Waals surface area contributed by atoms with E-state index in [0.29, 0.717) is 13.0 Å². The lowest BCUT2D eigenvalue weighted by Crippen LogP contribution is -2.49. The van der Waals surface area contributed by atoms with Crippen LogP contribution in [0.3, 0.4) is 0 Å². The fraction of sp³-hybridized carbons (Fsp3) is 0.615. The fourth-order valence-corrected chi connectivity index (χ4v) is 1.82. The molecule has 25 heavy (non-hydrogen) atoms. The lowest BCUT2D eigenvalue weighted by atomic mass is 10.1. The molecule has 0 saturated carbocycles. The van der Waals surface area contributed by atoms with Gasteiger partial charge in [0, 0.05) is 13.6 Å². The van der Waals surface area contributed by atoms with Crippen molar-refractivity contribution < 1.29 is 29.4 Å². The largest absolute Gasteiger partial charge is 0.481 e. The second kappa shape index (κ2) is 10.8. The number of amides is 2. The van der Waals surface area contributed by atoms with Crippen LogP contribution in [0.4, 0.5) is 0 Å². The summed E-state index contributed by atoms with van der Waals surface area (Å²) in [4.78, 5) is 46.1. The van der Waals surface area contributed by atoms with Gasteiger partial charge in [0.25, 0.3) is 0 Å². The van der Waals surface area contributed by atoms with E-state index in [1.807, 2.05) is 0 Å². The first-order valence-electron chi connectivity index (χ1n) is 7.37. The summed E-state index contributed by atoms with van der Waals surface area (Å²) in [6.07, 6.45) is 0.00278. The third-order valence-corrected chi connectivity index (χ3v) is 3.27. The zero-order valence-corrected chi connectivity index (χ0v) is 13.8. The van der Waals surface area contributed by atoms with Crippen molar-refractivity contribution in [3.05, 3.63) is 0 Å². The molecular formula is C13H24N6O6. The Labute approximate surface area is 144 Å². The normalized spacial score (nSPS) is 12.6. The van der Waals surface area contributed by atoms with Gasteiger partial charge in [0.15, 0.2) is 5.96 Å². The van der Waals surface area contributed by atoms with Crippen molar-refractivity contribution >= 4 is 29.7 Å². The maximum absolute atomic E-state index is 11.9. The average Bonchev–Trinajstić information content (AvgIpc) is 2.52. The zero-order chi connectivity index (χ0) is 19.6. The van der Waals surface area contributed by atoms with E-state index in [9.17, 15) is 19.2 Å². The SMILES string of the molecule is CN(C(=O)CNC(=O)[C@@H](N)CCCNC(=N)N)[C@@H](CC(=O)O)C(=O)O. The number of nitrogens with zero attached hydrogens (tertiary/aromatic N) is 1. The molecule has 9 N–H and O–H groups in total. The molecule has 0 aromatic heterocycles. The van der Waals surface area contributed by atoms with E-state index in [1.54, 1.807) is 0 Å². The number of hydrogen-bond donors (Lipinski definition) is 7. The lowest BCUT2D eigenvalue weighted by Gasteiger charge is -2.24. The van der Waals surface area contributed by atoms with E-state index in [-0.39, 0.29) is 12.4 Å². The van der Waals surface area contributed by atoms with Crippen molar-refractivity contribution in [3.8, 4) is 0 Å². The second-order valence-corrected chi connectivity index (χ2v) is 5.26. The number of likely N-dealkylation sites (N-methyl/N-ethyl adjacent to an activating group) is 1. The topological polar surface area (TPSA) is 212 Å². The highest BCUT2D eigenvalue weighted by molar-refractivity contribution is 5.90. The van der Waals surface area contributed by atoms with Gasteiger partial charge in [0.1, 0.15) is 6.04 Å². The summed E-state index contributed by atoms with van der Waals surface area (Å²) in [5.74, 6) is -4.38. The number of rotatable bonds is 11. The van der Waals surface area contributed by atoms with Crippen LogP contribution < -0.4 is 22.1 Å². The van der Waals surface area contributed by atoms with Crippen molar-refractivity contribution in [1.82, 2.24) is 15.5 Å². The highest BCUT2D eigenvalue weighted by Gasteiger charge is 2.29. The molecular weight excluding hydrogens is 336 g/mol. The van der Waals surface area contributed by atoms with Crippen molar-refractivity contribution in [2.24, 2.45) is 11.5 Å². The molecule has 0 aliphatic heterocycles. The van der Waals surface area contributed by atoms with Crippen LogP contribution in [-0.4, -0.2) is 77.0 Å². The minimum absolute atomic E-state index is 0.194. The summed E-state index contributed by atoms with van der Waals surface area (Å²) in [6, 6.07) is -2.42. The number of carboxylic acid groups (broad SMARTS) is 2. The van der Waals surface area contributed by atoms with Crippen molar-refractivity contribution in [2.45, 2.75) is 31.3 Å². The molecule has 0 fully saturated rings. The number of aliphatic carboxylic acids is 2. The third kappa shape index (κ3) is 9.10. The molecule has 0 spiro atoms. The number of guanidine groups is 1. The Hall–Kier alpha value is -2.89. The standard InChI is InChI=1S/C13H24N6O6/c1-19(8(12(24)25)5-10(21)22)9(20)6-18-11(23)7(14)3-2-4-17-13(15)16/h7-8H,2-6,14H2,1H3,(H,18,23)(H,21,22)(H,24,25)(H4,15,16,17)/t7-,8-/m0/s1. The highest BCUT2D eigenvalue weighted by atomic mass is 16.4. The zero-order valence-electron chi connectivity index (χ0n) is 13.8. The van der Waals surface area contributed by atoms with Crippen molar-refractivity contribution in [3.63, 3.8) is 0 Å². The Bertz CT molecular complexity index is 525. The number of carbonyl (C=O) groups excluding carboxylic acids is 2. The Kier molecular flexibility index (Phi) is 9.56. The van der Waals surface area contributed by atoms with Gasteiger partial charge in [0.2, 0.25) is 11.8 Å². The predicted octanol–water partition coefficient (Wildman–Crippen LogP) is -2.92. The van der Waals surface area contributed by atoms with Crippen LogP contribution in [0.1, 0.15) is 19.3 Å².